The summed E-state index contributed by atoms with van der Waals surface area (Å²) in [7, 11) is 0. The van der Waals surface area contributed by atoms with Crippen molar-refractivity contribution in [2.24, 2.45) is 0 Å². The van der Waals surface area contributed by atoms with Crippen LogP contribution in [-0.4, -0.2) is 23.8 Å². The standard InChI is InChI=1S/C44H31N5O/c1-26-20-27(2)41(28(3)21-26)38-25-49-40-14-9-19-45-42(40)34-18-16-31(23-36(34)44(49)47-38)50-30-15-17-32-33-12-7-8-13-39(33)48-24-37(29-10-5-4-6-11-29)46-43(48)35(32)22-30/h4-25H,1-3H3. The Labute approximate surface area is 287 Å². The highest BCUT2D eigenvalue weighted by Crippen LogP contribution is 2.38. The Morgan fingerprint density at radius 2 is 1.14 bits per heavy atom. The summed E-state index contributed by atoms with van der Waals surface area (Å²) in [4.78, 5) is 15.2. The fourth-order valence-corrected chi connectivity index (χ4v) is 7.79. The molecular weight excluding hydrogens is 615 g/mol. The van der Waals surface area contributed by atoms with E-state index in [1.165, 1.54) is 27.6 Å². The zero-order valence-corrected chi connectivity index (χ0v) is 27.8. The smallest absolute Gasteiger partial charge is 0.146 e. The maximum absolute atomic E-state index is 6.66. The maximum Gasteiger partial charge on any atom is 0.146 e. The maximum atomic E-state index is 6.66. The molecule has 0 aliphatic carbocycles. The Balaban J connectivity index is 1.14. The number of nitrogens with zero attached hydrogens (tertiary/aromatic N) is 5. The highest BCUT2D eigenvalue weighted by Gasteiger charge is 2.18. The first-order chi connectivity index (χ1) is 24.5. The third-order valence-electron chi connectivity index (χ3n) is 9.87. The predicted octanol–water partition coefficient (Wildman–Crippen LogP) is 11.0. The van der Waals surface area contributed by atoms with E-state index in [1.54, 1.807) is 0 Å². The van der Waals surface area contributed by atoms with Crippen molar-refractivity contribution in [1.29, 1.82) is 0 Å². The van der Waals surface area contributed by atoms with Crippen molar-refractivity contribution in [2.45, 2.75) is 20.8 Å². The molecule has 0 N–H and O–H groups in total. The minimum absolute atomic E-state index is 0.728. The van der Waals surface area contributed by atoms with E-state index in [-0.39, 0.29) is 0 Å². The third kappa shape index (κ3) is 4.31. The molecular formula is C44H31N5O. The van der Waals surface area contributed by atoms with Gasteiger partial charge in [-0.15, -0.1) is 0 Å². The van der Waals surface area contributed by atoms with Crippen LogP contribution in [0.15, 0.2) is 134 Å². The van der Waals surface area contributed by atoms with Crippen molar-refractivity contribution in [2.75, 3.05) is 0 Å². The molecule has 5 aromatic heterocycles. The molecule has 10 aromatic rings. The van der Waals surface area contributed by atoms with Crippen molar-refractivity contribution in [3.63, 3.8) is 0 Å². The SMILES string of the molecule is Cc1cc(C)c(-c2cn3c4cccnc4c4ccc(Oc5ccc6c7ccccc7n7cc(-c8ccccc8)nc7c6c5)cc4c3n2)c(C)c1. The topological polar surface area (TPSA) is 56.7 Å². The summed E-state index contributed by atoms with van der Waals surface area (Å²) < 4.78 is 11.0. The Hall–Kier alpha value is -6.53. The fraction of sp³-hybridized carbons (Fsp3) is 0.0682. The Bertz CT molecular complexity index is 2970. The second-order valence-corrected chi connectivity index (χ2v) is 13.2. The van der Waals surface area contributed by atoms with Gasteiger partial charge >= 0.3 is 0 Å². The van der Waals surface area contributed by atoms with Crippen molar-refractivity contribution in [3.05, 3.63) is 151 Å². The molecule has 10 rings (SSSR count). The normalized spacial score (nSPS) is 11.9. The van der Waals surface area contributed by atoms with Crippen LogP contribution in [0.1, 0.15) is 16.7 Å². The molecule has 0 unspecified atom stereocenters. The lowest BCUT2D eigenvalue weighted by Crippen LogP contribution is -1.93. The summed E-state index contributed by atoms with van der Waals surface area (Å²) >= 11 is 0. The molecule has 5 aromatic carbocycles. The van der Waals surface area contributed by atoms with E-state index < -0.39 is 0 Å². The van der Waals surface area contributed by atoms with Gasteiger partial charge in [-0.2, -0.15) is 0 Å². The highest BCUT2D eigenvalue weighted by molar-refractivity contribution is 6.13. The van der Waals surface area contributed by atoms with Gasteiger partial charge in [0.05, 0.1) is 27.9 Å². The van der Waals surface area contributed by atoms with Gasteiger partial charge in [-0.1, -0.05) is 66.2 Å². The highest BCUT2D eigenvalue weighted by atomic mass is 16.5. The van der Waals surface area contributed by atoms with E-state index in [1.807, 2.05) is 42.6 Å². The molecule has 0 saturated carbocycles. The lowest BCUT2D eigenvalue weighted by molar-refractivity contribution is 0.484. The van der Waals surface area contributed by atoms with Crippen LogP contribution in [0, 0.1) is 20.8 Å². The number of pyridine rings is 3. The molecule has 6 nitrogen and oxygen atoms in total. The van der Waals surface area contributed by atoms with E-state index in [9.17, 15) is 0 Å². The zero-order chi connectivity index (χ0) is 33.5. The number of para-hydroxylation sites is 1. The van der Waals surface area contributed by atoms with Crippen LogP contribution >= 0.6 is 0 Å². The van der Waals surface area contributed by atoms with Crippen molar-refractivity contribution in [1.82, 2.24) is 23.8 Å². The number of imidazole rings is 2. The van der Waals surface area contributed by atoms with Crippen LogP contribution in [0.3, 0.4) is 0 Å². The summed E-state index contributed by atoms with van der Waals surface area (Å²) in [5, 5.41) is 5.35. The van der Waals surface area contributed by atoms with Crippen molar-refractivity contribution in [3.8, 4) is 34.0 Å². The molecule has 50 heavy (non-hydrogen) atoms. The molecule has 0 amide bonds. The average molecular weight is 646 g/mol. The second kappa shape index (κ2) is 10.7. The Kier molecular flexibility index (Phi) is 6.12. The Morgan fingerprint density at radius 3 is 1.92 bits per heavy atom. The number of rotatable bonds is 4. The first-order valence-corrected chi connectivity index (χ1v) is 16.8. The zero-order valence-electron chi connectivity index (χ0n) is 27.8. The fourth-order valence-electron chi connectivity index (χ4n) is 7.79. The van der Waals surface area contributed by atoms with Gasteiger partial charge in [-0.05, 0) is 91.9 Å². The first-order valence-electron chi connectivity index (χ1n) is 16.8. The summed E-state index contributed by atoms with van der Waals surface area (Å²) in [5.74, 6) is 1.47. The Morgan fingerprint density at radius 1 is 0.520 bits per heavy atom. The second-order valence-electron chi connectivity index (χ2n) is 13.2. The third-order valence-corrected chi connectivity index (χ3v) is 9.87. The van der Waals surface area contributed by atoms with Crippen LogP contribution in [0.2, 0.25) is 0 Å². The van der Waals surface area contributed by atoms with Crippen LogP contribution < -0.4 is 4.74 Å². The summed E-state index contributed by atoms with van der Waals surface area (Å²) in [6, 6.07) is 39.9. The van der Waals surface area contributed by atoms with Gasteiger partial charge in [0, 0.05) is 51.3 Å². The molecule has 6 heteroatoms. The average Bonchev–Trinajstić information content (AvgIpc) is 3.78. The molecule has 238 valence electrons. The van der Waals surface area contributed by atoms with Crippen LogP contribution in [0.5, 0.6) is 11.5 Å². The molecule has 0 aliphatic heterocycles. The van der Waals surface area contributed by atoms with Crippen molar-refractivity contribution >= 4 is 54.8 Å². The lowest BCUT2D eigenvalue weighted by Gasteiger charge is -2.12. The molecule has 0 spiro atoms. The number of ether oxygens (including phenoxy) is 1. The number of hydrogen-bond acceptors (Lipinski definition) is 4. The van der Waals surface area contributed by atoms with E-state index in [2.05, 4.69) is 121 Å². The molecule has 0 radical (unpaired) electrons. The summed E-state index contributed by atoms with van der Waals surface area (Å²) in [6.45, 7) is 6.46. The van der Waals surface area contributed by atoms with Crippen molar-refractivity contribution < 1.29 is 4.74 Å². The van der Waals surface area contributed by atoms with E-state index in [0.29, 0.717) is 0 Å². The number of fused-ring (bicyclic) bond motifs is 12. The van der Waals surface area contributed by atoms with E-state index in [0.717, 1.165) is 77.8 Å². The van der Waals surface area contributed by atoms with Gasteiger partial charge in [0.1, 0.15) is 22.8 Å². The molecule has 5 heterocycles. The van der Waals surface area contributed by atoms with E-state index in [4.69, 9.17) is 19.7 Å². The number of aromatic nitrogens is 5. The summed E-state index contributed by atoms with van der Waals surface area (Å²) in [5.41, 5.74) is 12.7. The molecule has 0 bridgehead atoms. The largest absolute Gasteiger partial charge is 0.457 e. The monoisotopic (exact) mass is 645 g/mol. The molecule has 0 fully saturated rings. The molecule has 0 aliphatic rings. The van der Waals surface area contributed by atoms with Gasteiger partial charge in [0.2, 0.25) is 0 Å². The van der Waals surface area contributed by atoms with Crippen LogP contribution in [-0.2, 0) is 0 Å². The lowest BCUT2D eigenvalue weighted by atomic mass is 9.98. The van der Waals surface area contributed by atoms with Gasteiger partial charge in [-0.25, -0.2) is 9.97 Å². The van der Waals surface area contributed by atoms with Crippen LogP contribution in [0.4, 0.5) is 0 Å². The molecule has 0 atom stereocenters. The summed E-state index contributed by atoms with van der Waals surface area (Å²) in [6.07, 6.45) is 6.12. The van der Waals surface area contributed by atoms with Crippen LogP contribution in [0.25, 0.3) is 77.3 Å². The quantitative estimate of drug-likeness (QED) is 0.179. The molecule has 0 saturated heterocycles. The minimum Gasteiger partial charge on any atom is -0.457 e. The van der Waals surface area contributed by atoms with E-state index >= 15 is 0 Å². The van der Waals surface area contributed by atoms with Gasteiger partial charge in [0.15, 0.2) is 0 Å². The predicted molar refractivity (Wildman–Crippen MR) is 203 cm³/mol. The van der Waals surface area contributed by atoms with Gasteiger partial charge in [0.25, 0.3) is 0 Å². The number of hydrogen-bond donors (Lipinski definition) is 0. The van der Waals surface area contributed by atoms with Gasteiger partial charge < -0.3 is 4.74 Å². The first kappa shape index (κ1) is 28.5. The minimum atomic E-state index is 0.728. The van der Waals surface area contributed by atoms with Gasteiger partial charge in [-0.3, -0.25) is 13.8 Å². The number of benzene rings is 5. The number of aryl methyl sites for hydroxylation is 3.